The van der Waals surface area contributed by atoms with Gasteiger partial charge in [0.25, 0.3) is 0 Å². The number of rotatable bonds is 1. The van der Waals surface area contributed by atoms with Crippen LogP contribution in [-0.4, -0.2) is 15.6 Å². The quantitative estimate of drug-likeness (QED) is 0.880. The van der Waals surface area contributed by atoms with Crippen LogP contribution >= 0.6 is 12.4 Å². The summed E-state index contributed by atoms with van der Waals surface area (Å²) in [7, 11) is 0. The predicted molar refractivity (Wildman–Crippen MR) is 75.4 cm³/mol. The van der Waals surface area contributed by atoms with Gasteiger partial charge in [-0.1, -0.05) is 0 Å². The molecule has 0 saturated heterocycles. The molecule has 1 atom stereocenters. The fourth-order valence-corrected chi connectivity index (χ4v) is 2.74. The maximum Gasteiger partial charge on any atom is 0.341 e. The van der Waals surface area contributed by atoms with Crippen LogP contribution in [-0.2, 0) is 6.42 Å². The van der Waals surface area contributed by atoms with E-state index in [1.165, 1.54) is 12.3 Å². The van der Waals surface area contributed by atoms with Crippen molar-refractivity contribution in [1.82, 2.24) is 4.57 Å². The Hall–Kier alpha value is -1.88. The molecular formula is C14H13ClFNO3. The van der Waals surface area contributed by atoms with Gasteiger partial charge in [0.15, 0.2) is 0 Å². The summed E-state index contributed by atoms with van der Waals surface area (Å²) in [5, 5.41) is 9.24. The molecule has 1 aliphatic rings. The topological polar surface area (TPSA) is 59.3 Å². The summed E-state index contributed by atoms with van der Waals surface area (Å²) < 4.78 is 15.3. The smallest absolute Gasteiger partial charge is 0.341 e. The number of aromatic carboxylic acids is 1. The van der Waals surface area contributed by atoms with Crippen LogP contribution in [0.5, 0.6) is 0 Å². The van der Waals surface area contributed by atoms with E-state index in [9.17, 15) is 14.0 Å². The Balaban J connectivity index is 0.00000147. The molecule has 0 bridgehead atoms. The molecule has 20 heavy (non-hydrogen) atoms. The Morgan fingerprint density at radius 1 is 1.45 bits per heavy atom. The van der Waals surface area contributed by atoms with Gasteiger partial charge in [-0.15, -0.1) is 12.4 Å². The van der Waals surface area contributed by atoms with Crippen LogP contribution in [0.2, 0.25) is 0 Å². The number of hydrogen-bond donors (Lipinski definition) is 1. The number of nitrogens with zero attached hydrogens (tertiary/aromatic N) is 1. The Labute approximate surface area is 120 Å². The highest BCUT2D eigenvalue weighted by molar-refractivity contribution is 5.93. The first-order chi connectivity index (χ1) is 8.99. The second-order valence-electron chi connectivity index (χ2n) is 4.93. The minimum atomic E-state index is -1.28. The fourth-order valence-electron chi connectivity index (χ4n) is 2.74. The van der Waals surface area contributed by atoms with Crippen molar-refractivity contribution in [1.29, 1.82) is 0 Å². The second kappa shape index (κ2) is 4.90. The average Bonchev–Trinajstić information content (AvgIpc) is 2.35. The van der Waals surface area contributed by atoms with Gasteiger partial charge in [0.05, 0.1) is 5.52 Å². The number of carboxylic acid groups (broad SMARTS) is 1. The van der Waals surface area contributed by atoms with Crippen molar-refractivity contribution in [3.8, 4) is 0 Å². The van der Waals surface area contributed by atoms with E-state index in [0.29, 0.717) is 11.9 Å². The molecule has 1 aromatic carbocycles. The molecule has 1 N–H and O–H groups in total. The summed E-state index contributed by atoms with van der Waals surface area (Å²) in [5.41, 5.74) is 0.503. The molecule has 0 aliphatic carbocycles. The van der Waals surface area contributed by atoms with Crippen molar-refractivity contribution in [2.45, 2.75) is 25.8 Å². The molecule has 106 valence electrons. The number of pyridine rings is 1. The standard InChI is InChI=1S/C14H12FNO3.ClH/c1-7-2-3-8-4-9(15)5-10-12(8)16(7)6-11(13(10)17)14(18)19;/h4-7H,2-3H2,1H3,(H,18,19);1H. The maximum atomic E-state index is 13.6. The Bertz CT molecular complexity index is 769. The lowest BCUT2D eigenvalue weighted by atomic mass is 9.96. The molecule has 4 nitrogen and oxygen atoms in total. The maximum absolute atomic E-state index is 13.6. The molecule has 1 aliphatic heterocycles. The fraction of sp³-hybridized carbons (Fsp3) is 0.286. The molecule has 0 amide bonds. The van der Waals surface area contributed by atoms with Crippen LogP contribution in [0.1, 0.15) is 35.3 Å². The van der Waals surface area contributed by atoms with Gasteiger partial charge in [-0.2, -0.15) is 0 Å². The molecule has 2 heterocycles. The molecule has 0 saturated carbocycles. The lowest BCUT2D eigenvalue weighted by Crippen LogP contribution is -2.24. The average molecular weight is 298 g/mol. The minimum Gasteiger partial charge on any atom is -0.477 e. The van der Waals surface area contributed by atoms with E-state index < -0.39 is 17.2 Å². The third-order valence-electron chi connectivity index (χ3n) is 3.71. The highest BCUT2D eigenvalue weighted by atomic mass is 35.5. The van der Waals surface area contributed by atoms with Crippen molar-refractivity contribution in [3.63, 3.8) is 0 Å². The molecule has 0 radical (unpaired) electrons. The first kappa shape index (κ1) is 14.5. The summed E-state index contributed by atoms with van der Waals surface area (Å²) in [5.74, 6) is -1.78. The Kier molecular flexibility index (Phi) is 3.56. The molecule has 0 spiro atoms. The van der Waals surface area contributed by atoms with Gasteiger partial charge in [0, 0.05) is 17.6 Å². The van der Waals surface area contributed by atoms with Crippen molar-refractivity contribution in [2.24, 2.45) is 0 Å². The molecule has 0 fully saturated rings. The van der Waals surface area contributed by atoms with Gasteiger partial charge in [-0.05, 0) is 37.5 Å². The molecule has 6 heteroatoms. The third kappa shape index (κ3) is 1.98. The van der Waals surface area contributed by atoms with E-state index in [2.05, 4.69) is 0 Å². The van der Waals surface area contributed by atoms with Gasteiger partial charge >= 0.3 is 5.97 Å². The Morgan fingerprint density at radius 2 is 2.15 bits per heavy atom. The van der Waals surface area contributed by atoms with E-state index in [0.717, 1.165) is 18.1 Å². The predicted octanol–water partition coefficient (Wildman–Crippen LogP) is 2.77. The van der Waals surface area contributed by atoms with Crippen LogP contribution in [0.25, 0.3) is 10.9 Å². The zero-order valence-corrected chi connectivity index (χ0v) is 11.5. The van der Waals surface area contributed by atoms with E-state index >= 15 is 0 Å². The summed E-state index contributed by atoms with van der Waals surface area (Å²) in [6, 6.07) is 2.64. The van der Waals surface area contributed by atoms with Crippen LogP contribution in [0.3, 0.4) is 0 Å². The summed E-state index contributed by atoms with van der Waals surface area (Å²) in [6.45, 7) is 1.96. The van der Waals surface area contributed by atoms with Crippen molar-refractivity contribution in [3.05, 3.63) is 45.5 Å². The van der Waals surface area contributed by atoms with E-state index in [4.69, 9.17) is 5.11 Å². The van der Waals surface area contributed by atoms with Crippen LogP contribution in [0, 0.1) is 5.82 Å². The number of hydrogen-bond acceptors (Lipinski definition) is 2. The van der Waals surface area contributed by atoms with E-state index in [1.54, 1.807) is 4.57 Å². The summed E-state index contributed by atoms with van der Waals surface area (Å²) in [6.07, 6.45) is 2.87. The zero-order valence-electron chi connectivity index (χ0n) is 10.7. The third-order valence-corrected chi connectivity index (χ3v) is 3.71. The molecule has 1 unspecified atom stereocenters. The number of carboxylic acids is 1. The number of aryl methyl sites for hydroxylation is 1. The van der Waals surface area contributed by atoms with Gasteiger partial charge in [0.2, 0.25) is 5.43 Å². The first-order valence-corrected chi connectivity index (χ1v) is 6.09. The van der Waals surface area contributed by atoms with Crippen LogP contribution in [0.15, 0.2) is 23.1 Å². The largest absolute Gasteiger partial charge is 0.477 e. The van der Waals surface area contributed by atoms with Crippen LogP contribution < -0.4 is 5.43 Å². The number of benzene rings is 1. The molecule has 2 aromatic rings. The highest BCUT2D eigenvalue weighted by Gasteiger charge is 2.23. The van der Waals surface area contributed by atoms with Gasteiger partial charge in [-0.3, -0.25) is 4.79 Å². The number of carbonyl (C=O) groups is 1. The minimum absolute atomic E-state index is 0. The van der Waals surface area contributed by atoms with Crippen LogP contribution in [0.4, 0.5) is 4.39 Å². The molecular weight excluding hydrogens is 285 g/mol. The zero-order chi connectivity index (χ0) is 13.7. The number of aromatic nitrogens is 1. The summed E-state index contributed by atoms with van der Waals surface area (Å²) >= 11 is 0. The Morgan fingerprint density at radius 3 is 2.80 bits per heavy atom. The highest BCUT2D eigenvalue weighted by Crippen LogP contribution is 2.30. The second-order valence-corrected chi connectivity index (χ2v) is 4.93. The first-order valence-electron chi connectivity index (χ1n) is 6.09. The molecule has 3 rings (SSSR count). The monoisotopic (exact) mass is 297 g/mol. The van der Waals surface area contributed by atoms with Gasteiger partial charge in [-0.25, -0.2) is 9.18 Å². The molecule has 1 aromatic heterocycles. The SMILES string of the molecule is CC1CCc2cc(F)cc3c(=O)c(C(=O)O)cn1c23.Cl. The van der Waals surface area contributed by atoms with Gasteiger partial charge < -0.3 is 9.67 Å². The van der Waals surface area contributed by atoms with Crippen molar-refractivity contribution in [2.75, 3.05) is 0 Å². The normalized spacial score (nSPS) is 16.8. The van der Waals surface area contributed by atoms with Gasteiger partial charge in [0.1, 0.15) is 11.4 Å². The summed E-state index contributed by atoms with van der Waals surface area (Å²) in [4.78, 5) is 23.2. The van der Waals surface area contributed by atoms with E-state index in [1.807, 2.05) is 6.92 Å². The van der Waals surface area contributed by atoms with Crippen molar-refractivity contribution < 1.29 is 14.3 Å². The van der Waals surface area contributed by atoms with E-state index in [-0.39, 0.29) is 29.4 Å². The number of halogens is 2. The lowest BCUT2D eigenvalue weighted by molar-refractivity contribution is 0.0694. The van der Waals surface area contributed by atoms with Crippen molar-refractivity contribution >= 4 is 29.3 Å². The lowest BCUT2D eigenvalue weighted by Gasteiger charge is -2.26.